The third-order valence-corrected chi connectivity index (χ3v) is 5.11. The smallest absolute Gasteiger partial charge is 0.237 e. The first kappa shape index (κ1) is 17.6. The number of rotatable bonds is 5. The number of amides is 1. The predicted molar refractivity (Wildman–Crippen MR) is 98.0 cm³/mol. The lowest BCUT2D eigenvalue weighted by molar-refractivity contribution is -0.134. The first-order chi connectivity index (χ1) is 12.1. The van der Waals surface area contributed by atoms with Crippen molar-refractivity contribution >= 4 is 5.91 Å². The standard InChI is InChI=1S/C19H27N5O/c1-15(16-7-5-4-6-8-16)23(3)18(25)14-24-12-9-20-13-17(24)19-21-10-11-22(19)2/h4-8,10-11,15,17,20H,9,12-14H2,1-3H3. The molecule has 1 aromatic heterocycles. The van der Waals surface area contributed by atoms with Gasteiger partial charge in [0.05, 0.1) is 18.6 Å². The molecule has 0 spiro atoms. The van der Waals surface area contributed by atoms with Gasteiger partial charge in [-0.05, 0) is 12.5 Å². The molecule has 6 nitrogen and oxygen atoms in total. The molecule has 2 heterocycles. The maximum atomic E-state index is 12.9. The molecule has 2 atom stereocenters. The Hall–Kier alpha value is -2.18. The molecule has 25 heavy (non-hydrogen) atoms. The second-order valence-electron chi connectivity index (χ2n) is 6.68. The molecule has 1 fully saturated rings. The number of carbonyl (C=O) groups excluding carboxylic acids is 1. The Morgan fingerprint density at radius 1 is 1.40 bits per heavy atom. The third kappa shape index (κ3) is 3.91. The highest BCUT2D eigenvalue weighted by atomic mass is 16.2. The lowest BCUT2D eigenvalue weighted by atomic mass is 10.1. The summed E-state index contributed by atoms with van der Waals surface area (Å²) in [5, 5.41) is 3.41. The summed E-state index contributed by atoms with van der Waals surface area (Å²) in [5.74, 6) is 1.14. The van der Waals surface area contributed by atoms with Gasteiger partial charge in [0.2, 0.25) is 5.91 Å². The van der Waals surface area contributed by atoms with Crippen LogP contribution in [0.25, 0.3) is 0 Å². The number of benzene rings is 1. The number of carbonyl (C=O) groups is 1. The zero-order valence-corrected chi connectivity index (χ0v) is 15.2. The fraction of sp³-hybridized carbons (Fsp3) is 0.474. The number of hydrogen-bond acceptors (Lipinski definition) is 4. The van der Waals surface area contributed by atoms with Crippen LogP contribution in [0.3, 0.4) is 0 Å². The highest BCUT2D eigenvalue weighted by Crippen LogP contribution is 2.22. The number of imidazole rings is 1. The van der Waals surface area contributed by atoms with Crippen LogP contribution in [0, 0.1) is 0 Å². The lowest BCUT2D eigenvalue weighted by Crippen LogP contribution is -2.50. The van der Waals surface area contributed by atoms with Gasteiger partial charge in [0.15, 0.2) is 0 Å². The monoisotopic (exact) mass is 341 g/mol. The fourth-order valence-electron chi connectivity index (χ4n) is 3.34. The third-order valence-electron chi connectivity index (χ3n) is 5.11. The Morgan fingerprint density at radius 2 is 2.16 bits per heavy atom. The molecule has 1 aliphatic heterocycles. The lowest BCUT2D eigenvalue weighted by Gasteiger charge is -2.36. The molecule has 3 rings (SSSR count). The minimum Gasteiger partial charge on any atom is -0.338 e. The summed E-state index contributed by atoms with van der Waals surface area (Å²) in [5.41, 5.74) is 1.15. The zero-order chi connectivity index (χ0) is 17.8. The van der Waals surface area contributed by atoms with Gasteiger partial charge >= 0.3 is 0 Å². The van der Waals surface area contributed by atoms with E-state index < -0.39 is 0 Å². The first-order valence-corrected chi connectivity index (χ1v) is 8.80. The van der Waals surface area contributed by atoms with Crippen molar-refractivity contribution in [1.29, 1.82) is 0 Å². The van der Waals surface area contributed by atoms with E-state index in [-0.39, 0.29) is 18.0 Å². The molecule has 134 valence electrons. The minimum atomic E-state index is 0.0585. The molecule has 0 saturated carbocycles. The van der Waals surface area contributed by atoms with Gasteiger partial charge < -0.3 is 14.8 Å². The molecular formula is C19H27N5O. The molecular weight excluding hydrogens is 314 g/mol. The van der Waals surface area contributed by atoms with E-state index in [9.17, 15) is 4.79 Å². The van der Waals surface area contributed by atoms with Crippen molar-refractivity contribution in [3.8, 4) is 0 Å². The van der Waals surface area contributed by atoms with E-state index in [4.69, 9.17) is 0 Å². The van der Waals surface area contributed by atoms with Crippen LogP contribution >= 0.6 is 0 Å². The predicted octanol–water partition coefficient (Wildman–Crippen LogP) is 1.59. The number of piperazine rings is 1. The zero-order valence-electron chi connectivity index (χ0n) is 15.2. The normalized spacial score (nSPS) is 19.6. The SMILES string of the molecule is CC(c1ccccc1)N(C)C(=O)CN1CCNCC1c1nccn1C. The Labute approximate surface area is 149 Å². The molecule has 0 aliphatic carbocycles. The number of nitrogens with zero attached hydrogens (tertiary/aromatic N) is 4. The number of aromatic nitrogens is 2. The van der Waals surface area contributed by atoms with E-state index in [0.29, 0.717) is 6.54 Å². The molecule has 1 amide bonds. The van der Waals surface area contributed by atoms with Crippen molar-refractivity contribution < 1.29 is 4.79 Å². The van der Waals surface area contributed by atoms with Crippen molar-refractivity contribution in [1.82, 2.24) is 24.7 Å². The maximum Gasteiger partial charge on any atom is 0.237 e. The number of nitrogens with one attached hydrogen (secondary N) is 1. The summed E-state index contributed by atoms with van der Waals surface area (Å²) in [6.45, 7) is 5.03. The van der Waals surface area contributed by atoms with Crippen molar-refractivity contribution in [3.05, 3.63) is 54.1 Å². The van der Waals surface area contributed by atoms with E-state index in [1.165, 1.54) is 0 Å². The second-order valence-corrected chi connectivity index (χ2v) is 6.68. The van der Waals surface area contributed by atoms with Crippen LogP contribution in [-0.2, 0) is 11.8 Å². The van der Waals surface area contributed by atoms with Gasteiger partial charge in [-0.1, -0.05) is 30.3 Å². The van der Waals surface area contributed by atoms with E-state index in [1.54, 1.807) is 0 Å². The van der Waals surface area contributed by atoms with Crippen LogP contribution in [0.2, 0.25) is 0 Å². The van der Waals surface area contributed by atoms with E-state index in [1.807, 2.05) is 54.2 Å². The maximum absolute atomic E-state index is 12.9. The summed E-state index contributed by atoms with van der Waals surface area (Å²) < 4.78 is 2.03. The molecule has 0 radical (unpaired) electrons. The summed E-state index contributed by atoms with van der Waals surface area (Å²) in [6.07, 6.45) is 3.76. The first-order valence-electron chi connectivity index (χ1n) is 8.80. The van der Waals surface area contributed by atoms with E-state index >= 15 is 0 Å². The van der Waals surface area contributed by atoms with Gasteiger partial charge in [0, 0.05) is 46.1 Å². The Morgan fingerprint density at radius 3 is 2.84 bits per heavy atom. The Bertz CT molecular complexity index is 699. The van der Waals surface area contributed by atoms with Gasteiger partial charge in [-0.3, -0.25) is 9.69 Å². The topological polar surface area (TPSA) is 53.4 Å². The largest absolute Gasteiger partial charge is 0.338 e. The summed E-state index contributed by atoms with van der Waals surface area (Å²) in [7, 11) is 3.89. The molecule has 1 saturated heterocycles. The molecule has 1 N–H and O–H groups in total. The average Bonchev–Trinajstić information content (AvgIpc) is 3.07. The van der Waals surface area contributed by atoms with Crippen LogP contribution in [0.15, 0.2) is 42.7 Å². The number of aryl methyl sites for hydroxylation is 1. The number of hydrogen-bond donors (Lipinski definition) is 1. The minimum absolute atomic E-state index is 0.0585. The van der Waals surface area contributed by atoms with E-state index in [2.05, 4.69) is 34.3 Å². The fourth-order valence-corrected chi connectivity index (χ4v) is 3.34. The molecule has 1 aromatic carbocycles. The van der Waals surface area contributed by atoms with Gasteiger partial charge in [-0.25, -0.2) is 4.98 Å². The van der Waals surface area contributed by atoms with Crippen molar-refractivity contribution in [2.24, 2.45) is 7.05 Å². The summed E-state index contributed by atoms with van der Waals surface area (Å²) >= 11 is 0. The van der Waals surface area contributed by atoms with Gasteiger partial charge in [0.25, 0.3) is 0 Å². The molecule has 6 heteroatoms. The summed E-state index contributed by atoms with van der Waals surface area (Å²) in [4.78, 5) is 21.4. The van der Waals surface area contributed by atoms with Crippen LogP contribution < -0.4 is 5.32 Å². The van der Waals surface area contributed by atoms with Crippen molar-refractivity contribution in [2.75, 3.05) is 33.2 Å². The molecule has 2 aromatic rings. The van der Waals surface area contributed by atoms with Crippen LogP contribution in [0.4, 0.5) is 0 Å². The quantitative estimate of drug-likeness (QED) is 0.897. The van der Waals surface area contributed by atoms with Crippen LogP contribution in [0.1, 0.15) is 30.4 Å². The number of likely N-dealkylation sites (N-methyl/N-ethyl adjacent to an activating group) is 1. The van der Waals surface area contributed by atoms with Crippen molar-refractivity contribution in [2.45, 2.75) is 19.0 Å². The highest BCUT2D eigenvalue weighted by Gasteiger charge is 2.29. The second kappa shape index (κ2) is 7.80. The highest BCUT2D eigenvalue weighted by molar-refractivity contribution is 5.78. The van der Waals surface area contributed by atoms with E-state index in [0.717, 1.165) is 31.0 Å². The average molecular weight is 341 g/mol. The Balaban J connectivity index is 1.69. The van der Waals surface area contributed by atoms with Gasteiger partial charge in [-0.2, -0.15) is 0 Å². The van der Waals surface area contributed by atoms with Gasteiger partial charge in [0.1, 0.15) is 5.82 Å². The van der Waals surface area contributed by atoms with Gasteiger partial charge in [-0.15, -0.1) is 0 Å². The molecule has 0 bridgehead atoms. The molecule has 2 unspecified atom stereocenters. The van der Waals surface area contributed by atoms with Crippen molar-refractivity contribution in [3.63, 3.8) is 0 Å². The van der Waals surface area contributed by atoms with Crippen LogP contribution in [0.5, 0.6) is 0 Å². The Kier molecular flexibility index (Phi) is 5.50. The van der Waals surface area contributed by atoms with Crippen LogP contribution in [-0.4, -0.2) is 58.5 Å². The summed E-state index contributed by atoms with van der Waals surface area (Å²) in [6, 6.07) is 10.3. The molecule has 1 aliphatic rings.